The van der Waals surface area contributed by atoms with E-state index in [2.05, 4.69) is 63.2 Å². The standard InChI is InChI=1S/C12H15Br2N/c1-12(2)7-15-11-5-8(3-4-13)10(14)6-9(11)12/h5-6,15H,3-4,7H2,1-2H3. The highest BCUT2D eigenvalue weighted by Crippen LogP contribution is 2.39. The molecular formula is C12H15Br2N. The van der Waals surface area contributed by atoms with Crippen molar-refractivity contribution in [3.05, 3.63) is 27.7 Å². The quantitative estimate of drug-likeness (QED) is 0.804. The van der Waals surface area contributed by atoms with E-state index >= 15 is 0 Å². The third-order valence-corrected chi connectivity index (χ3v) is 4.14. The highest BCUT2D eigenvalue weighted by atomic mass is 79.9. The van der Waals surface area contributed by atoms with Gasteiger partial charge < -0.3 is 5.32 Å². The molecule has 1 aromatic carbocycles. The smallest absolute Gasteiger partial charge is 0.0382 e. The van der Waals surface area contributed by atoms with Gasteiger partial charge in [-0.25, -0.2) is 0 Å². The Balaban J connectivity index is 2.45. The number of halogens is 2. The molecule has 1 aliphatic heterocycles. The van der Waals surface area contributed by atoms with Gasteiger partial charge in [-0.3, -0.25) is 0 Å². The topological polar surface area (TPSA) is 12.0 Å². The molecule has 0 radical (unpaired) electrons. The van der Waals surface area contributed by atoms with Crippen molar-refractivity contribution >= 4 is 37.5 Å². The number of anilines is 1. The van der Waals surface area contributed by atoms with Crippen LogP contribution in [0.3, 0.4) is 0 Å². The first kappa shape index (κ1) is 11.5. The molecule has 2 rings (SSSR count). The van der Waals surface area contributed by atoms with Crippen LogP contribution in [0.25, 0.3) is 0 Å². The zero-order valence-corrected chi connectivity index (χ0v) is 12.2. The van der Waals surface area contributed by atoms with E-state index in [1.54, 1.807) is 0 Å². The predicted octanol–water partition coefficient (Wildman–Crippen LogP) is 4.09. The zero-order chi connectivity index (χ0) is 11.1. The van der Waals surface area contributed by atoms with Gasteiger partial charge in [0.2, 0.25) is 0 Å². The van der Waals surface area contributed by atoms with E-state index in [1.165, 1.54) is 21.3 Å². The first-order valence-electron chi connectivity index (χ1n) is 5.17. The van der Waals surface area contributed by atoms with Crippen LogP contribution < -0.4 is 5.32 Å². The van der Waals surface area contributed by atoms with Crippen LogP contribution in [-0.2, 0) is 11.8 Å². The molecule has 0 unspecified atom stereocenters. The van der Waals surface area contributed by atoms with E-state index in [-0.39, 0.29) is 5.41 Å². The van der Waals surface area contributed by atoms with Gasteiger partial charge in [0.25, 0.3) is 0 Å². The van der Waals surface area contributed by atoms with Crippen molar-refractivity contribution in [2.45, 2.75) is 25.7 Å². The average molecular weight is 333 g/mol. The van der Waals surface area contributed by atoms with Crippen LogP contribution in [0.4, 0.5) is 5.69 Å². The SMILES string of the molecule is CC1(C)CNc2cc(CCBr)c(Br)cc21. The maximum Gasteiger partial charge on any atom is 0.0382 e. The monoisotopic (exact) mass is 331 g/mol. The minimum absolute atomic E-state index is 0.255. The molecule has 0 bridgehead atoms. The molecule has 0 spiro atoms. The molecule has 1 aromatic rings. The van der Waals surface area contributed by atoms with Crippen molar-refractivity contribution in [2.24, 2.45) is 0 Å². The lowest BCUT2D eigenvalue weighted by Crippen LogP contribution is -2.18. The third kappa shape index (κ3) is 2.09. The molecule has 0 fully saturated rings. The van der Waals surface area contributed by atoms with Gasteiger partial charge in [0.1, 0.15) is 0 Å². The summed E-state index contributed by atoms with van der Waals surface area (Å²) in [5.41, 5.74) is 4.35. The highest BCUT2D eigenvalue weighted by Gasteiger charge is 2.30. The molecule has 3 heteroatoms. The van der Waals surface area contributed by atoms with Crippen molar-refractivity contribution in [1.29, 1.82) is 0 Å². The van der Waals surface area contributed by atoms with Gasteiger partial charge in [0.05, 0.1) is 0 Å². The molecule has 0 aliphatic carbocycles. The Morgan fingerprint density at radius 1 is 1.40 bits per heavy atom. The van der Waals surface area contributed by atoms with Crippen molar-refractivity contribution in [1.82, 2.24) is 0 Å². The number of fused-ring (bicyclic) bond motifs is 1. The molecule has 1 heterocycles. The van der Waals surface area contributed by atoms with Gasteiger partial charge in [-0.15, -0.1) is 0 Å². The van der Waals surface area contributed by atoms with Crippen LogP contribution in [0, 0.1) is 0 Å². The molecule has 1 aliphatic rings. The predicted molar refractivity (Wildman–Crippen MR) is 73.2 cm³/mol. The molecule has 0 amide bonds. The van der Waals surface area contributed by atoms with Crippen molar-refractivity contribution < 1.29 is 0 Å². The Kier molecular flexibility index (Phi) is 3.13. The van der Waals surface area contributed by atoms with Gasteiger partial charge in [-0.1, -0.05) is 45.7 Å². The summed E-state index contributed by atoms with van der Waals surface area (Å²) >= 11 is 7.14. The summed E-state index contributed by atoms with van der Waals surface area (Å²) in [4.78, 5) is 0. The fourth-order valence-corrected chi connectivity index (χ4v) is 3.00. The number of hydrogen-bond acceptors (Lipinski definition) is 1. The summed E-state index contributed by atoms with van der Waals surface area (Å²) in [6, 6.07) is 4.54. The summed E-state index contributed by atoms with van der Waals surface area (Å²) in [5, 5.41) is 4.49. The Morgan fingerprint density at radius 2 is 2.13 bits per heavy atom. The lowest BCUT2D eigenvalue weighted by Gasteiger charge is -2.17. The fraction of sp³-hybridized carbons (Fsp3) is 0.500. The molecule has 0 atom stereocenters. The van der Waals surface area contributed by atoms with E-state index < -0.39 is 0 Å². The molecular weight excluding hydrogens is 318 g/mol. The van der Waals surface area contributed by atoms with Crippen LogP contribution in [-0.4, -0.2) is 11.9 Å². The lowest BCUT2D eigenvalue weighted by atomic mass is 9.86. The maximum absolute atomic E-state index is 3.65. The molecule has 1 nitrogen and oxygen atoms in total. The number of nitrogens with one attached hydrogen (secondary N) is 1. The van der Waals surface area contributed by atoms with Gasteiger partial charge in [-0.05, 0) is 29.7 Å². The zero-order valence-electron chi connectivity index (χ0n) is 9.03. The van der Waals surface area contributed by atoms with E-state index in [0.717, 1.165) is 18.3 Å². The Hall–Kier alpha value is -0.0200. The Labute approximate surface area is 108 Å². The highest BCUT2D eigenvalue weighted by molar-refractivity contribution is 9.10. The Morgan fingerprint density at radius 3 is 2.80 bits per heavy atom. The second-order valence-corrected chi connectivity index (χ2v) is 6.31. The number of hydrogen-bond donors (Lipinski definition) is 1. The summed E-state index contributed by atoms with van der Waals surface area (Å²) in [6.07, 6.45) is 1.07. The second-order valence-electron chi connectivity index (χ2n) is 4.67. The summed E-state index contributed by atoms with van der Waals surface area (Å²) < 4.78 is 1.23. The largest absolute Gasteiger partial charge is 0.384 e. The van der Waals surface area contributed by atoms with Gasteiger partial charge in [0, 0.05) is 27.4 Å². The number of benzene rings is 1. The first-order valence-corrected chi connectivity index (χ1v) is 7.09. The number of alkyl halides is 1. The molecule has 0 saturated carbocycles. The Bertz CT molecular complexity index is 385. The normalized spacial score (nSPS) is 17.3. The van der Waals surface area contributed by atoms with Crippen LogP contribution >= 0.6 is 31.9 Å². The van der Waals surface area contributed by atoms with Gasteiger partial charge in [0.15, 0.2) is 0 Å². The minimum Gasteiger partial charge on any atom is -0.384 e. The second kappa shape index (κ2) is 4.10. The molecule has 1 N–H and O–H groups in total. The number of aryl methyl sites for hydroxylation is 1. The summed E-state index contributed by atoms with van der Waals surface area (Å²) in [6.45, 7) is 5.59. The molecule has 0 saturated heterocycles. The fourth-order valence-electron chi connectivity index (χ4n) is 2.03. The summed E-state index contributed by atoms with van der Waals surface area (Å²) in [7, 11) is 0. The van der Waals surface area contributed by atoms with Crippen molar-refractivity contribution in [3.63, 3.8) is 0 Å². The maximum atomic E-state index is 3.65. The average Bonchev–Trinajstić information content (AvgIpc) is 2.45. The van der Waals surface area contributed by atoms with Crippen LogP contribution in [0.15, 0.2) is 16.6 Å². The van der Waals surface area contributed by atoms with E-state index in [9.17, 15) is 0 Å². The first-order chi connectivity index (χ1) is 7.04. The molecule has 0 aromatic heterocycles. The van der Waals surface area contributed by atoms with E-state index in [4.69, 9.17) is 0 Å². The van der Waals surface area contributed by atoms with Gasteiger partial charge in [-0.2, -0.15) is 0 Å². The van der Waals surface area contributed by atoms with E-state index in [1.807, 2.05) is 0 Å². The van der Waals surface area contributed by atoms with Crippen molar-refractivity contribution in [2.75, 3.05) is 17.2 Å². The molecule has 82 valence electrons. The van der Waals surface area contributed by atoms with Crippen LogP contribution in [0.1, 0.15) is 25.0 Å². The minimum atomic E-state index is 0.255. The van der Waals surface area contributed by atoms with Crippen LogP contribution in [0.5, 0.6) is 0 Å². The van der Waals surface area contributed by atoms with E-state index in [0.29, 0.717) is 0 Å². The molecule has 15 heavy (non-hydrogen) atoms. The third-order valence-electron chi connectivity index (χ3n) is 3.00. The summed E-state index contributed by atoms with van der Waals surface area (Å²) in [5.74, 6) is 0. The lowest BCUT2D eigenvalue weighted by molar-refractivity contribution is 0.586. The van der Waals surface area contributed by atoms with Gasteiger partial charge >= 0.3 is 0 Å². The van der Waals surface area contributed by atoms with Crippen molar-refractivity contribution in [3.8, 4) is 0 Å². The van der Waals surface area contributed by atoms with Crippen LogP contribution in [0.2, 0.25) is 0 Å². The number of rotatable bonds is 2.